The van der Waals surface area contributed by atoms with Crippen molar-refractivity contribution in [3.05, 3.63) is 53.4 Å². The smallest absolute Gasteiger partial charge is 0.132 e. The lowest BCUT2D eigenvalue weighted by atomic mass is 9.74. The van der Waals surface area contributed by atoms with Gasteiger partial charge in [0, 0.05) is 42.3 Å². The quantitative estimate of drug-likeness (QED) is 0.908. The van der Waals surface area contributed by atoms with E-state index in [4.69, 9.17) is 10.7 Å². The molecule has 1 atom stereocenters. The van der Waals surface area contributed by atoms with Crippen LogP contribution in [0.5, 0.6) is 0 Å². The predicted octanol–water partition coefficient (Wildman–Crippen LogP) is 2.43. The molecule has 1 aliphatic carbocycles. The number of fused-ring (bicyclic) bond motifs is 1. The van der Waals surface area contributed by atoms with Crippen LogP contribution >= 0.6 is 0 Å². The molecule has 0 fully saturated rings. The summed E-state index contributed by atoms with van der Waals surface area (Å²) in [5, 5.41) is 0. The molecule has 0 radical (unpaired) electrons. The molecule has 1 aliphatic rings. The summed E-state index contributed by atoms with van der Waals surface area (Å²) in [6.07, 6.45) is 8.23. The van der Waals surface area contributed by atoms with E-state index in [1.54, 1.807) is 6.20 Å². The summed E-state index contributed by atoms with van der Waals surface area (Å²) in [5.41, 5.74) is 9.80. The van der Waals surface area contributed by atoms with Crippen LogP contribution in [0.4, 0.5) is 0 Å². The van der Waals surface area contributed by atoms with E-state index in [0.29, 0.717) is 0 Å². The van der Waals surface area contributed by atoms with Gasteiger partial charge < -0.3 is 5.73 Å². The standard InChI is InChI=1S/C16H20N4/c1-16(2)7-13(17)12-10-19-15(20-14(12)8-16)6-11-4-3-5-18-9-11/h3-5,9-10,13H,6-8,17H2,1-2H3. The van der Waals surface area contributed by atoms with Crippen molar-refractivity contribution in [2.75, 3.05) is 0 Å². The van der Waals surface area contributed by atoms with Crippen molar-refractivity contribution in [2.24, 2.45) is 11.1 Å². The van der Waals surface area contributed by atoms with Gasteiger partial charge in [-0.3, -0.25) is 4.98 Å². The Balaban J connectivity index is 1.89. The first-order chi connectivity index (χ1) is 9.53. The summed E-state index contributed by atoms with van der Waals surface area (Å²) in [5.74, 6) is 0.849. The summed E-state index contributed by atoms with van der Waals surface area (Å²) >= 11 is 0. The van der Waals surface area contributed by atoms with Gasteiger partial charge in [-0.1, -0.05) is 19.9 Å². The highest BCUT2D eigenvalue weighted by Gasteiger charge is 2.31. The molecule has 2 heterocycles. The molecule has 1 unspecified atom stereocenters. The van der Waals surface area contributed by atoms with Crippen LogP contribution in [-0.4, -0.2) is 15.0 Å². The summed E-state index contributed by atoms with van der Waals surface area (Å²) in [6.45, 7) is 4.50. The van der Waals surface area contributed by atoms with Crippen molar-refractivity contribution < 1.29 is 0 Å². The predicted molar refractivity (Wildman–Crippen MR) is 78.1 cm³/mol. The van der Waals surface area contributed by atoms with E-state index in [2.05, 4.69) is 23.8 Å². The van der Waals surface area contributed by atoms with E-state index in [9.17, 15) is 0 Å². The van der Waals surface area contributed by atoms with Crippen molar-refractivity contribution >= 4 is 0 Å². The van der Waals surface area contributed by atoms with Crippen LogP contribution in [0, 0.1) is 5.41 Å². The van der Waals surface area contributed by atoms with E-state index in [0.717, 1.165) is 41.9 Å². The van der Waals surface area contributed by atoms with E-state index in [1.165, 1.54) is 0 Å². The highest BCUT2D eigenvalue weighted by molar-refractivity contribution is 5.27. The van der Waals surface area contributed by atoms with Crippen LogP contribution in [0.2, 0.25) is 0 Å². The van der Waals surface area contributed by atoms with Gasteiger partial charge >= 0.3 is 0 Å². The lowest BCUT2D eigenvalue weighted by Gasteiger charge is -2.34. The highest BCUT2D eigenvalue weighted by atomic mass is 14.9. The molecule has 4 nitrogen and oxygen atoms in total. The van der Waals surface area contributed by atoms with Crippen molar-refractivity contribution in [1.29, 1.82) is 0 Å². The molecule has 104 valence electrons. The molecule has 2 aromatic heterocycles. The topological polar surface area (TPSA) is 64.7 Å². The fourth-order valence-corrected chi connectivity index (χ4v) is 2.92. The minimum absolute atomic E-state index is 0.0567. The molecule has 0 saturated heterocycles. The second kappa shape index (κ2) is 4.94. The van der Waals surface area contributed by atoms with Gasteiger partial charge in [-0.15, -0.1) is 0 Å². The highest BCUT2D eigenvalue weighted by Crippen LogP contribution is 2.38. The van der Waals surface area contributed by atoms with Crippen molar-refractivity contribution in [2.45, 2.75) is 39.2 Å². The molecule has 0 spiro atoms. The van der Waals surface area contributed by atoms with E-state index < -0.39 is 0 Å². The molecule has 0 aliphatic heterocycles. The number of aromatic nitrogens is 3. The Morgan fingerprint density at radius 3 is 2.95 bits per heavy atom. The van der Waals surface area contributed by atoms with Crippen LogP contribution in [0.3, 0.4) is 0 Å². The second-order valence-corrected chi connectivity index (χ2v) is 6.38. The SMILES string of the molecule is CC1(C)Cc2nc(Cc3cccnc3)ncc2C(N)C1. The first-order valence-corrected chi connectivity index (χ1v) is 7.03. The minimum Gasteiger partial charge on any atom is -0.324 e. The zero-order chi connectivity index (χ0) is 14.2. The van der Waals surface area contributed by atoms with Crippen LogP contribution < -0.4 is 5.73 Å². The van der Waals surface area contributed by atoms with Gasteiger partial charge in [-0.25, -0.2) is 9.97 Å². The average molecular weight is 268 g/mol. The maximum Gasteiger partial charge on any atom is 0.132 e. The van der Waals surface area contributed by atoms with Gasteiger partial charge in [0.05, 0.1) is 0 Å². The third-order valence-electron chi connectivity index (χ3n) is 3.85. The lowest BCUT2D eigenvalue weighted by Crippen LogP contribution is -2.31. The summed E-state index contributed by atoms with van der Waals surface area (Å²) in [6, 6.07) is 4.04. The van der Waals surface area contributed by atoms with Gasteiger partial charge in [-0.05, 0) is 29.9 Å². The van der Waals surface area contributed by atoms with Gasteiger partial charge in [0.1, 0.15) is 5.82 Å². The molecule has 0 aromatic carbocycles. The van der Waals surface area contributed by atoms with Crippen LogP contribution in [-0.2, 0) is 12.8 Å². The molecule has 2 aromatic rings. The first kappa shape index (κ1) is 13.2. The van der Waals surface area contributed by atoms with Crippen LogP contribution in [0.15, 0.2) is 30.7 Å². The molecule has 0 bridgehead atoms. The molecule has 2 N–H and O–H groups in total. The zero-order valence-corrected chi connectivity index (χ0v) is 12.0. The summed E-state index contributed by atoms with van der Waals surface area (Å²) in [4.78, 5) is 13.3. The fraction of sp³-hybridized carbons (Fsp3) is 0.438. The van der Waals surface area contributed by atoms with Gasteiger partial charge in [0.2, 0.25) is 0 Å². The first-order valence-electron chi connectivity index (χ1n) is 7.03. The Bertz CT molecular complexity index is 607. The van der Waals surface area contributed by atoms with E-state index in [1.807, 2.05) is 24.5 Å². The Kier molecular flexibility index (Phi) is 3.26. The van der Waals surface area contributed by atoms with Crippen molar-refractivity contribution in [1.82, 2.24) is 15.0 Å². The third-order valence-corrected chi connectivity index (χ3v) is 3.85. The molecule has 0 amide bonds. The normalized spacial score (nSPS) is 20.4. The average Bonchev–Trinajstić information content (AvgIpc) is 2.38. The second-order valence-electron chi connectivity index (χ2n) is 6.38. The Morgan fingerprint density at radius 1 is 1.35 bits per heavy atom. The number of pyridine rings is 1. The molecular formula is C16H20N4. The molecule has 4 heteroatoms. The van der Waals surface area contributed by atoms with Crippen molar-refractivity contribution in [3.63, 3.8) is 0 Å². The number of nitrogens with two attached hydrogens (primary N) is 1. The van der Waals surface area contributed by atoms with Gasteiger partial charge in [0.25, 0.3) is 0 Å². The molecular weight excluding hydrogens is 248 g/mol. The summed E-state index contributed by atoms with van der Waals surface area (Å²) < 4.78 is 0. The van der Waals surface area contributed by atoms with Crippen molar-refractivity contribution in [3.8, 4) is 0 Å². The number of hydrogen-bond donors (Lipinski definition) is 1. The number of hydrogen-bond acceptors (Lipinski definition) is 4. The maximum absolute atomic E-state index is 6.23. The number of rotatable bonds is 2. The zero-order valence-electron chi connectivity index (χ0n) is 12.0. The fourth-order valence-electron chi connectivity index (χ4n) is 2.92. The Labute approximate surface area is 119 Å². The van der Waals surface area contributed by atoms with Crippen LogP contribution in [0.25, 0.3) is 0 Å². The molecule has 20 heavy (non-hydrogen) atoms. The van der Waals surface area contributed by atoms with Crippen LogP contribution in [0.1, 0.15) is 49.0 Å². The van der Waals surface area contributed by atoms with Gasteiger partial charge in [0.15, 0.2) is 0 Å². The largest absolute Gasteiger partial charge is 0.324 e. The molecule has 3 rings (SSSR count). The lowest BCUT2D eigenvalue weighted by molar-refractivity contribution is 0.277. The Hall–Kier alpha value is -1.81. The third kappa shape index (κ3) is 2.70. The van der Waals surface area contributed by atoms with Gasteiger partial charge in [-0.2, -0.15) is 0 Å². The maximum atomic E-state index is 6.23. The van der Waals surface area contributed by atoms with E-state index in [-0.39, 0.29) is 11.5 Å². The van der Waals surface area contributed by atoms with E-state index >= 15 is 0 Å². The summed E-state index contributed by atoms with van der Waals surface area (Å²) in [7, 11) is 0. The monoisotopic (exact) mass is 268 g/mol. The number of nitrogens with zero attached hydrogens (tertiary/aromatic N) is 3. The molecule has 0 saturated carbocycles. The Morgan fingerprint density at radius 2 is 2.20 bits per heavy atom. The minimum atomic E-state index is 0.0567.